The van der Waals surface area contributed by atoms with Crippen LogP contribution in [0.3, 0.4) is 0 Å². The van der Waals surface area contributed by atoms with Gasteiger partial charge in [0.15, 0.2) is 0 Å². The quantitative estimate of drug-likeness (QED) is 0.738. The molecular weight excluding hydrogens is 304 g/mol. The first-order chi connectivity index (χ1) is 8.50. The lowest BCUT2D eigenvalue weighted by molar-refractivity contribution is -0.136. The minimum atomic E-state index is -0.901. The summed E-state index contributed by atoms with van der Waals surface area (Å²) in [6.07, 6.45) is 0. The third-order valence-corrected chi connectivity index (χ3v) is 5.94. The molecule has 2 unspecified atom stereocenters. The Bertz CT molecular complexity index is 544. The maximum absolute atomic E-state index is 11.0. The number of thiophene rings is 2. The van der Waals surface area contributed by atoms with Gasteiger partial charge in [-0.1, -0.05) is 13.0 Å². The number of aliphatic carboxylic acids is 1. The zero-order valence-electron chi connectivity index (χ0n) is 9.53. The van der Waals surface area contributed by atoms with Crippen LogP contribution in [0, 0.1) is 0 Å². The molecule has 0 aliphatic carbocycles. The Labute approximate surface area is 124 Å². The summed E-state index contributed by atoms with van der Waals surface area (Å²) in [7, 11) is 0. The van der Waals surface area contributed by atoms with E-state index in [1.807, 2.05) is 30.5 Å². The molecule has 0 aliphatic heterocycles. The number of carboxylic acids is 1. The average Bonchev–Trinajstić information content (AvgIpc) is 2.95. The average molecular weight is 316 g/mol. The Morgan fingerprint density at radius 2 is 2.17 bits per heavy atom. The van der Waals surface area contributed by atoms with Crippen LogP contribution in [0.2, 0.25) is 0 Å². The number of hydrogen-bond donors (Lipinski definition) is 3. The van der Waals surface area contributed by atoms with Gasteiger partial charge in [0.1, 0.15) is 5.25 Å². The third kappa shape index (κ3) is 2.77. The Morgan fingerprint density at radius 3 is 2.72 bits per heavy atom. The van der Waals surface area contributed by atoms with E-state index in [9.17, 15) is 4.79 Å². The molecule has 96 valence electrons. The zero-order valence-corrected chi connectivity index (χ0v) is 13.0. The molecule has 2 aromatic rings. The Kier molecular flexibility index (Phi) is 4.42. The van der Waals surface area contributed by atoms with Crippen LogP contribution in [-0.4, -0.2) is 16.3 Å². The van der Waals surface area contributed by atoms with E-state index in [2.05, 4.69) is 25.3 Å². The normalized spacial score (nSPS) is 14.4. The van der Waals surface area contributed by atoms with Gasteiger partial charge in [0.2, 0.25) is 0 Å². The van der Waals surface area contributed by atoms with Crippen molar-refractivity contribution in [3.63, 3.8) is 0 Å². The first-order valence-electron chi connectivity index (χ1n) is 5.28. The highest BCUT2D eigenvalue weighted by atomic mass is 32.2. The molecular formula is C12H12O2S4. The summed E-state index contributed by atoms with van der Waals surface area (Å²) in [6, 6.07) is 6.07. The van der Waals surface area contributed by atoms with E-state index in [0.29, 0.717) is 0 Å². The second kappa shape index (κ2) is 5.69. The first kappa shape index (κ1) is 14.0. The van der Waals surface area contributed by atoms with Gasteiger partial charge in [-0.15, -0.1) is 35.3 Å². The van der Waals surface area contributed by atoms with Gasteiger partial charge < -0.3 is 5.11 Å². The number of thiol groups is 2. The van der Waals surface area contributed by atoms with E-state index in [4.69, 9.17) is 5.11 Å². The molecule has 0 spiro atoms. The van der Waals surface area contributed by atoms with Crippen LogP contribution in [0.25, 0.3) is 9.75 Å². The summed E-state index contributed by atoms with van der Waals surface area (Å²) in [5, 5.41) is 10.3. The Morgan fingerprint density at radius 1 is 1.44 bits per heavy atom. The lowest BCUT2D eigenvalue weighted by atomic mass is 10.00. The molecule has 18 heavy (non-hydrogen) atoms. The molecule has 2 aromatic heterocycles. The van der Waals surface area contributed by atoms with Crippen molar-refractivity contribution < 1.29 is 9.90 Å². The highest BCUT2D eigenvalue weighted by molar-refractivity contribution is 7.83. The van der Waals surface area contributed by atoms with Crippen molar-refractivity contribution in [1.82, 2.24) is 0 Å². The van der Waals surface area contributed by atoms with Gasteiger partial charge in [-0.3, -0.25) is 4.79 Å². The molecule has 0 fully saturated rings. The maximum Gasteiger partial charge on any atom is 0.316 e. The predicted molar refractivity (Wildman–Crippen MR) is 83.7 cm³/mol. The topological polar surface area (TPSA) is 37.3 Å². The number of hydrogen-bond acceptors (Lipinski definition) is 5. The lowest BCUT2D eigenvalue weighted by Crippen LogP contribution is -2.20. The predicted octanol–water partition coefficient (Wildman–Crippen LogP) is 4.25. The standard InChI is InChI=1S/C12H12O2S4/c1-6(10(15)11(13)14)7-5-9(18-12(7)16)8-3-2-4-17-8/h2-6,10,15-16H,1H3,(H,13,14). The van der Waals surface area contributed by atoms with Crippen LogP contribution in [0.5, 0.6) is 0 Å². The molecule has 0 bridgehead atoms. The minimum absolute atomic E-state index is 0.164. The third-order valence-electron chi connectivity index (χ3n) is 2.72. The molecule has 0 radical (unpaired) electrons. The fourth-order valence-corrected chi connectivity index (χ4v) is 4.20. The van der Waals surface area contributed by atoms with Crippen LogP contribution < -0.4 is 0 Å². The fraction of sp³-hybridized carbons (Fsp3) is 0.250. The molecule has 0 aromatic carbocycles. The largest absolute Gasteiger partial charge is 0.480 e. The molecule has 2 atom stereocenters. The van der Waals surface area contributed by atoms with E-state index in [1.54, 1.807) is 22.7 Å². The first-order valence-corrected chi connectivity index (χ1v) is 7.94. The Hall–Kier alpha value is -0.430. The molecule has 0 aliphatic rings. The maximum atomic E-state index is 11.0. The van der Waals surface area contributed by atoms with Crippen molar-refractivity contribution in [2.75, 3.05) is 0 Å². The van der Waals surface area contributed by atoms with E-state index in [0.717, 1.165) is 14.6 Å². The van der Waals surface area contributed by atoms with Crippen molar-refractivity contribution >= 4 is 53.9 Å². The van der Waals surface area contributed by atoms with Gasteiger partial charge >= 0.3 is 5.97 Å². The summed E-state index contributed by atoms with van der Waals surface area (Å²) < 4.78 is 0.867. The molecule has 1 N–H and O–H groups in total. The number of rotatable bonds is 4. The van der Waals surface area contributed by atoms with Gasteiger partial charge in [-0.05, 0) is 23.1 Å². The van der Waals surface area contributed by atoms with Crippen molar-refractivity contribution in [2.45, 2.75) is 22.3 Å². The van der Waals surface area contributed by atoms with Crippen LogP contribution in [0.15, 0.2) is 27.8 Å². The van der Waals surface area contributed by atoms with Gasteiger partial charge in [0.05, 0.1) is 4.21 Å². The highest BCUT2D eigenvalue weighted by Crippen LogP contribution is 2.40. The van der Waals surface area contributed by atoms with E-state index in [1.165, 1.54) is 4.88 Å². The summed E-state index contributed by atoms with van der Waals surface area (Å²) in [4.78, 5) is 13.3. The van der Waals surface area contributed by atoms with Crippen LogP contribution >= 0.6 is 47.9 Å². The minimum Gasteiger partial charge on any atom is -0.480 e. The van der Waals surface area contributed by atoms with Gasteiger partial charge in [0.25, 0.3) is 0 Å². The molecule has 2 heterocycles. The van der Waals surface area contributed by atoms with Gasteiger partial charge in [-0.2, -0.15) is 12.6 Å². The number of carbonyl (C=O) groups is 1. The smallest absolute Gasteiger partial charge is 0.316 e. The van der Waals surface area contributed by atoms with Crippen LogP contribution in [0.4, 0.5) is 0 Å². The van der Waals surface area contributed by atoms with E-state index in [-0.39, 0.29) is 5.92 Å². The summed E-state index contributed by atoms with van der Waals surface area (Å²) >= 11 is 11.8. The number of carboxylic acid groups (broad SMARTS) is 1. The molecule has 0 saturated heterocycles. The highest BCUT2D eigenvalue weighted by Gasteiger charge is 2.25. The lowest BCUT2D eigenvalue weighted by Gasteiger charge is -2.14. The monoisotopic (exact) mass is 316 g/mol. The van der Waals surface area contributed by atoms with Crippen molar-refractivity contribution in [1.29, 1.82) is 0 Å². The Balaban J connectivity index is 2.32. The summed E-state index contributed by atoms with van der Waals surface area (Å²) in [5.74, 6) is -1.06. The van der Waals surface area contributed by atoms with Crippen LogP contribution in [0.1, 0.15) is 18.4 Å². The van der Waals surface area contributed by atoms with E-state index < -0.39 is 11.2 Å². The van der Waals surface area contributed by atoms with Gasteiger partial charge in [0, 0.05) is 15.7 Å². The molecule has 2 rings (SSSR count). The molecule has 0 saturated carbocycles. The SMILES string of the molecule is CC(c1cc(-c2cccs2)sc1S)C(S)C(=O)O. The summed E-state index contributed by atoms with van der Waals surface area (Å²) in [5.41, 5.74) is 0.953. The van der Waals surface area contributed by atoms with Gasteiger partial charge in [-0.25, -0.2) is 0 Å². The second-order valence-corrected chi connectivity index (χ2v) is 7.23. The van der Waals surface area contributed by atoms with Crippen molar-refractivity contribution in [3.8, 4) is 9.75 Å². The zero-order chi connectivity index (χ0) is 13.3. The summed E-state index contributed by atoms with van der Waals surface area (Å²) in [6.45, 7) is 1.87. The fourth-order valence-electron chi connectivity index (χ4n) is 1.65. The second-order valence-electron chi connectivity index (χ2n) is 3.92. The van der Waals surface area contributed by atoms with E-state index >= 15 is 0 Å². The molecule has 2 nitrogen and oxygen atoms in total. The van der Waals surface area contributed by atoms with Crippen molar-refractivity contribution in [2.24, 2.45) is 0 Å². The van der Waals surface area contributed by atoms with Crippen molar-refractivity contribution in [3.05, 3.63) is 29.1 Å². The molecule has 0 amide bonds. The molecule has 6 heteroatoms. The van der Waals surface area contributed by atoms with Crippen LogP contribution in [-0.2, 0) is 4.79 Å².